The van der Waals surface area contributed by atoms with Crippen molar-refractivity contribution >= 4 is 17.7 Å². The molecule has 2 N–H and O–H groups in total. The number of carbonyl (C=O) groups excluding carboxylic acids is 1. The van der Waals surface area contributed by atoms with E-state index < -0.39 is 0 Å². The number of hydrogen-bond acceptors (Lipinski definition) is 3. The second-order valence-corrected chi connectivity index (χ2v) is 5.93. The van der Waals surface area contributed by atoms with Crippen LogP contribution in [-0.2, 0) is 11.2 Å². The van der Waals surface area contributed by atoms with Gasteiger partial charge in [0.25, 0.3) is 5.91 Å². The van der Waals surface area contributed by atoms with Gasteiger partial charge in [-0.25, -0.2) is 0 Å². The molecule has 1 heterocycles. The van der Waals surface area contributed by atoms with Crippen molar-refractivity contribution in [2.75, 3.05) is 0 Å². The number of nitrogens with one attached hydrogen (secondary N) is 1. The molecule has 1 atom stereocenters. The van der Waals surface area contributed by atoms with Crippen molar-refractivity contribution in [3.8, 4) is 0 Å². The summed E-state index contributed by atoms with van der Waals surface area (Å²) < 4.78 is 0. The third-order valence-corrected chi connectivity index (χ3v) is 4.43. The Morgan fingerprint density at radius 1 is 1.00 bits per heavy atom. The lowest BCUT2D eigenvalue weighted by Gasteiger charge is -2.10. The van der Waals surface area contributed by atoms with Crippen molar-refractivity contribution < 1.29 is 9.90 Å². The largest absolute Gasteiger partial charge is 0.509 e. The van der Waals surface area contributed by atoms with Crippen LogP contribution in [0.15, 0.2) is 76.2 Å². The first-order chi connectivity index (χ1) is 10.2. The van der Waals surface area contributed by atoms with E-state index in [1.165, 1.54) is 11.8 Å². The monoisotopic (exact) mass is 297 g/mol. The van der Waals surface area contributed by atoms with Crippen molar-refractivity contribution in [1.29, 1.82) is 0 Å². The summed E-state index contributed by atoms with van der Waals surface area (Å²) in [5.41, 5.74) is 1.08. The maximum Gasteiger partial charge on any atom is 0.262 e. The van der Waals surface area contributed by atoms with Crippen LogP contribution in [0, 0.1) is 0 Å². The van der Waals surface area contributed by atoms with E-state index in [1.54, 1.807) is 0 Å². The van der Waals surface area contributed by atoms with Crippen LogP contribution in [-0.4, -0.2) is 17.1 Å². The van der Waals surface area contributed by atoms with Crippen LogP contribution in [0.5, 0.6) is 0 Å². The van der Waals surface area contributed by atoms with Gasteiger partial charge in [-0.05, 0) is 24.1 Å². The second kappa shape index (κ2) is 6.06. The highest BCUT2D eigenvalue weighted by atomic mass is 32.2. The SMILES string of the molecule is O=C1NC(Cc2ccccc2)C(O)=C1Sc1ccccc1. The average Bonchev–Trinajstić information content (AvgIpc) is 2.77. The van der Waals surface area contributed by atoms with Crippen molar-refractivity contribution in [3.63, 3.8) is 0 Å². The fourth-order valence-corrected chi connectivity index (χ4v) is 3.20. The highest BCUT2D eigenvalue weighted by Crippen LogP contribution is 2.33. The summed E-state index contributed by atoms with van der Waals surface area (Å²) >= 11 is 1.30. The van der Waals surface area contributed by atoms with Crippen LogP contribution in [0.2, 0.25) is 0 Å². The van der Waals surface area contributed by atoms with Gasteiger partial charge in [0.1, 0.15) is 10.7 Å². The van der Waals surface area contributed by atoms with Crippen LogP contribution in [0.1, 0.15) is 5.56 Å². The molecule has 21 heavy (non-hydrogen) atoms. The molecule has 0 spiro atoms. The lowest BCUT2D eigenvalue weighted by atomic mass is 10.1. The second-order valence-electron chi connectivity index (χ2n) is 4.85. The number of aliphatic hydroxyl groups is 1. The van der Waals surface area contributed by atoms with Crippen LogP contribution in [0.4, 0.5) is 0 Å². The number of aliphatic hydroxyl groups excluding tert-OH is 1. The minimum atomic E-state index is -0.342. The number of hydrogen-bond donors (Lipinski definition) is 2. The van der Waals surface area contributed by atoms with Gasteiger partial charge in [0, 0.05) is 4.90 Å². The molecule has 2 aromatic rings. The zero-order chi connectivity index (χ0) is 14.7. The molecule has 0 saturated heterocycles. The molecule has 3 nitrogen and oxygen atoms in total. The van der Waals surface area contributed by atoms with Crippen LogP contribution < -0.4 is 5.32 Å². The Bertz CT molecular complexity index is 668. The first kappa shape index (κ1) is 13.8. The molecule has 0 fully saturated rings. The van der Waals surface area contributed by atoms with Crippen molar-refractivity contribution in [3.05, 3.63) is 76.9 Å². The van der Waals surface area contributed by atoms with Gasteiger partial charge in [0.15, 0.2) is 0 Å². The van der Waals surface area contributed by atoms with E-state index in [-0.39, 0.29) is 17.7 Å². The quantitative estimate of drug-likeness (QED) is 0.910. The predicted octanol–water partition coefficient (Wildman–Crippen LogP) is 3.29. The van der Waals surface area contributed by atoms with E-state index in [2.05, 4.69) is 5.32 Å². The van der Waals surface area contributed by atoms with Gasteiger partial charge in [0.2, 0.25) is 0 Å². The lowest BCUT2D eigenvalue weighted by molar-refractivity contribution is -0.116. The van der Waals surface area contributed by atoms with Crippen LogP contribution >= 0.6 is 11.8 Å². The molecule has 0 aliphatic carbocycles. The molecular weight excluding hydrogens is 282 g/mol. The normalized spacial score (nSPS) is 17.9. The van der Waals surface area contributed by atoms with Gasteiger partial charge >= 0.3 is 0 Å². The summed E-state index contributed by atoms with van der Waals surface area (Å²) in [6.45, 7) is 0. The smallest absolute Gasteiger partial charge is 0.262 e. The van der Waals surface area contributed by atoms with Gasteiger partial charge < -0.3 is 10.4 Å². The molecule has 2 aromatic carbocycles. The summed E-state index contributed by atoms with van der Waals surface area (Å²) in [6, 6.07) is 19.1. The molecule has 1 aliphatic heterocycles. The molecule has 0 bridgehead atoms. The predicted molar refractivity (Wildman–Crippen MR) is 84.0 cm³/mol. The fraction of sp³-hybridized carbons (Fsp3) is 0.118. The maximum atomic E-state index is 12.0. The highest BCUT2D eigenvalue weighted by Gasteiger charge is 2.32. The number of rotatable bonds is 4. The minimum Gasteiger partial charge on any atom is -0.509 e. The summed E-state index contributed by atoms with van der Waals surface area (Å²) in [4.78, 5) is 13.4. The van der Waals surface area contributed by atoms with E-state index in [0.29, 0.717) is 11.3 Å². The molecule has 1 unspecified atom stereocenters. The Hall–Kier alpha value is -2.20. The highest BCUT2D eigenvalue weighted by molar-refractivity contribution is 8.04. The Labute approximate surface area is 127 Å². The lowest BCUT2D eigenvalue weighted by Crippen LogP contribution is -2.30. The van der Waals surface area contributed by atoms with E-state index in [0.717, 1.165) is 10.5 Å². The van der Waals surface area contributed by atoms with E-state index in [9.17, 15) is 9.90 Å². The first-order valence-corrected chi connectivity index (χ1v) is 7.56. The van der Waals surface area contributed by atoms with Gasteiger partial charge in [-0.1, -0.05) is 60.3 Å². The molecule has 1 amide bonds. The maximum absolute atomic E-state index is 12.0. The molecule has 0 radical (unpaired) electrons. The summed E-state index contributed by atoms with van der Waals surface area (Å²) in [7, 11) is 0. The topological polar surface area (TPSA) is 49.3 Å². The molecular formula is C17H15NO2S. The minimum absolute atomic E-state index is 0.137. The van der Waals surface area contributed by atoms with E-state index in [1.807, 2.05) is 60.7 Å². The standard InChI is InChI=1S/C17H15NO2S/c19-15-14(11-12-7-3-1-4-8-12)18-17(20)16(15)21-13-9-5-2-6-10-13/h1-10,14,19H,11H2,(H,18,20). The summed E-state index contributed by atoms with van der Waals surface area (Å²) in [5, 5.41) is 13.2. The first-order valence-electron chi connectivity index (χ1n) is 6.75. The number of benzene rings is 2. The average molecular weight is 297 g/mol. The zero-order valence-electron chi connectivity index (χ0n) is 11.3. The van der Waals surface area contributed by atoms with Crippen molar-refractivity contribution in [2.45, 2.75) is 17.4 Å². The molecule has 3 rings (SSSR count). The number of amides is 1. The van der Waals surface area contributed by atoms with E-state index >= 15 is 0 Å². The van der Waals surface area contributed by atoms with Crippen LogP contribution in [0.3, 0.4) is 0 Å². The Kier molecular flexibility index (Phi) is 3.97. The van der Waals surface area contributed by atoms with E-state index in [4.69, 9.17) is 0 Å². The number of thioether (sulfide) groups is 1. The zero-order valence-corrected chi connectivity index (χ0v) is 12.1. The van der Waals surface area contributed by atoms with Crippen LogP contribution in [0.25, 0.3) is 0 Å². The third kappa shape index (κ3) is 3.11. The molecule has 1 aliphatic rings. The number of carbonyl (C=O) groups is 1. The fourth-order valence-electron chi connectivity index (χ4n) is 2.27. The Morgan fingerprint density at radius 3 is 2.29 bits per heavy atom. The summed E-state index contributed by atoms with van der Waals surface area (Å²) in [6.07, 6.45) is 0.595. The Morgan fingerprint density at radius 2 is 1.62 bits per heavy atom. The Balaban J connectivity index is 1.78. The van der Waals surface area contributed by atoms with Crippen molar-refractivity contribution in [1.82, 2.24) is 5.32 Å². The van der Waals surface area contributed by atoms with Gasteiger partial charge in [-0.2, -0.15) is 0 Å². The third-order valence-electron chi connectivity index (χ3n) is 3.32. The van der Waals surface area contributed by atoms with Gasteiger partial charge in [0.05, 0.1) is 6.04 Å². The van der Waals surface area contributed by atoms with Gasteiger partial charge in [-0.3, -0.25) is 4.79 Å². The molecule has 0 aromatic heterocycles. The molecule has 106 valence electrons. The molecule has 0 saturated carbocycles. The van der Waals surface area contributed by atoms with Gasteiger partial charge in [-0.15, -0.1) is 0 Å². The molecule has 4 heteroatoms. The van der Waals surface area contributed by atoms with Crippen molar-refractivity contribution in [2.24, 2.45) is 0 Å². The summed E-state index contributed by atoms with van der Waals surface area (Å²) in [5.74, 6) is -0.0695.